The fraction of sp³-hybridized carbons (Fsp3) is 0.909. The summed E-state index contributed by atoms with van der Waals surface area (Å²) < 4.78 is 0. The molecule has 0 amide bonds. The lowest BCUT2D eigenvalue weighted by Gasteiger charge is -2.31. The first-order valence-electron chi connectivity index (χ1n) is 5.43. The van der Waals surface area contributed by atoms with E-state index in [0.29, 0.717) is 5.92 Å². The molecule has 1 N–H and O–H groups in total. The first-order valence-corrected chi connectivity index (χ1v) is 5.43. The predicted molar refractivity (Wildman–Crippen MR) is 55.6 cm³/mol. The van der Waals surface area contributed by atoms with Crippen molar-refractivity contribution in [2.75, 3.05) is 19.6 Å². The van der Waals surface area contributed by atoms with Crippen molar-refractivity contribution < 1.29 is 5.11 Å². The van der Waals surface area contributed by atoms with Gasteiger partial charge < -0.3 is 10.0 Å². The first-order chi connectivity index (χ1) is 6.63. The monoisotopic (exact) mass is 196 g/mol. The molecule has 1 heterocycles. The minimum atomic E-state index is -0.228. The van der Waals surface area contributed by atoms with Crippen molar-refractivity contribution in [1.82, 2.24) is 4.90 Å². The van der Waals surface area contributed by atoms with Gasteiger partial charge in [-0.1, -0.05) is 13.8 Å². The summed E-state index contributed by atoms with van der Waals surface area (Å²) >= 11 is 0. The molecule has 0 saturated carbocycles. The molecule has 0 aromatic heterocycles. The second-order valence-electron chi connectivity index (χ2n) is 4.52. The van der Waals surface area contributed by atoms with Crippen LogP contribution in [0.1, 0.15) is 26.7 Å². The minimum Gasteiger partial charge on any atom is -0.392 e. The molecule has 0 aromatic carbocycles. The average molecular weight is 196 g/mol. The third-order valence-electron chi connectivity index (χ3n) is 2.98. The van der Waals surface area contributed by atoms with Crippen LogP contribution in [0.2, 0.25) is 0 Å². The van der Waals surface area contributed by atoms with Crippen LogP contribution >= 0.6 is 0 Å². The van der Waals surface area contributed by atoms with Crippen LogP contribution in [-0.2, 0) is 0 Å². The van der Waals surface area contributed by atoms with Gasteiger partial charge in [-0.2, -0.15) is 5.26 Å². The summed E-state index contributed by atoms with van der Waals surface area (Å²) in [5.41, 5.74) is 0. The van der Waals surface area contributed by atoms with E-state index in [9.17, 15) is 5.11 Å². The van der Waals surface area contributed by atoms with Gasteiger partial charge in [0.25, 0.3) is 0 Å². The van der Waals surface area contributed by atoms with E-state index in [1.54, 1.807) is 0 Å². The van der Waals surface area contributed by atoms with E-state index in [1.807, 2.05) is 13.8 Å². The Morgan fingerprint density at radius 2 is 2.00 bits per heavy atom. The summed E-state index contributed by atoms with van der Waals surface area (Å²) in [4.78, 5) is 2.26. The summed E-state index contributed by atoms with van der Waals surface area (Å²) in [7, 11) is 0. The highest BCUT2D eigenvalue weighted by Gasteiger charge is 2.21. The number of piperidine rings is 1. The molecule has 3 nitrogen and oxygen atoms in total. The number of aliphatic hydroxyl groups is 1. The van der Waals surface area contributed by atoms with Gasteiger partial charge in [0.1, 0.15) is 0 Å². The molecule has 0 radical (unpaired) electrons. The number of nitrogens with zero attached hydrogens (tertiary/aromatic N) is 2. The molecule has 14 heavy (non-hydrogen) atoms. The molecule has 1 rings (SSSR count). The molecule has 0 spiro atoms. The lowest BCUT2D eigenvalue weighted by molar-refractivity contribution is 0.0643. The molecule has 1 saturated heterocycles. The molecule has 1 aliphatic rings. The molecule has 1 fully saturated rings. The van der Waals surface area contributed by atoms with Crippen molar-refractivity contribution in [3.63, 3.8) is 0 Å². The zero-order valence-corrected chi connectivity index (χ0v) is 9.11. The molecule has 0 aromatic rings. The van der Waals surface area contributed by atoms with Crippen LogP contribution in [0.15, 0.2) is 0 Å². The second-order valence-corrected chi connectivity index (χ2v) is 4.52. The molecular formula is C11H20N2O. The highest BCUT2D eigenvalue weighted by atomic mass is 16.3. The quantitative estimate of drug-likeness (QED) is 0.738. The highest BCUT2D eigenvalue weighted by molar-refractivity contribution is 4.87. The minimum absolute atomic E-state index is 0.228. The smallest absolute Gasteiger partial charge is 0.0689 e. The van der Waals surface area contributed by atoms with Crippen molar-refractivity contribution in [2.45, 2.75) is 32.8 Å². The topological polar surface area (TPSA) is 47.3 Å². The largest absolute Gasteiger partial charge is 0.392 e. The number of rotatable bonds is 3. The Balaban J connectivity index is 2.26. The average Bonchev–Trinajstić information content (AvgIpc) is 2.19. The zero-order chi connectivity index (χ0) is 10.6. The summed E-state index contributed by atoms with van der Waals surface area (Å²) in [5.74, 6) is 0.561. The standard InChI is InChI=1S/C11H20N2O/c1-9(2)11(14)8-13-5-3-10(7-12)4-6-13/h9-11,14H,3-6,8H2,1-2H3. The lowest BCUT2D eigenvalue weighted by atomic mass is 9.97. The molecule has 1 unspecified atom stereocenters. The van der Waals surface area contributed by atoms with Gasteiger partial charge in [0.2, 0.25) is 0 Å². The highest BCUT2D eigenvalue weighted by Crippen LogP contribution is 2.17. The van der Waals surface area contributed by atoms with Crippen molar-refractivity contribution >= 4 is 0 Å². The third-order valence-corrected chi connectivity index (χ3v) is 2.98. The Morgan fingerprint density at radius 3 is 2.43 bits per heavy atom. The number of hydrogen-bond acceptors (Lipinski definition) is 3. The second kappa shape index (κ2) is 5.33. The maximum atomic E-state index is 9.70. The van der Waals surface area contributed by atoms with Gasteiger partial charge in [0.15, 0.2) is 0 Å². The number of β-amino-alcohol motifs (C(OH)–C–C–N with tert-alkyl or cyclic N) is 1. The van der Waals surface area contributed by atoms with E-state index >= 15 is 0 Å². The van der Waals surface area contributed by atoms with E-state index in [4.69, 9.17) is 5.26 Å². The van der Waals surface area contributed by atoms with Crippen molar-refractivity contribution in [3.8, 4) is 6.07 Å². The molecule has 80 valence electrons. The Labute approximate surface area is 86.3 Å². The van der Waals surface area contributed by atoms with Gasteiger partial charge in [0.05, 0.1) is 12.2 Å². The molecule has 3 heteroatoms. The summed E-state index contributed by atoms with van der Waals surface area (Å²) in [6.45, 7) is 6.75. The molecule has 0 aliphatic carbocycles. The van der Waals surface area contributed by atoms with Crippen LogP contribution in [0.3, 0.4) is 0 Å². The van der Waals surface area contributed by atoms with Gasteiger partial charge >= 0.3 is 0 Å². The molecule has 0 bridgehead atoms. The molecular weight excluding hydrogens is 176 g/mol. The Bertz CT molecular complexity index is 202. The van der Waals surface area contributed by atoms with Crippen molar-refractivity contribution in [2.24, 2.45) is 11.8 Å². The third kappa shape index (κ3) is 3.28. The summed E-state index contributed by atoms with van der Waals surface area (Å²) in [6.07, 6.45) is 1.69. The number of likely N-dealkylation sites (tertiary alicyclic amines) is 1. The van der Waals surface area contributed by atoms with E-state index in [1.165, 1.54) is 0 Å². The van der Waals surface area contributed by atoms with E-state index in [2.05, 4.69) is 11.0 Å². The fourth-order valence-electron chi connectivity index (χ4n) is 1.72. The van der Waals surface area contributed by atoms with Crippen LogP contribution in [0.25, 0.3) is 0 Å². The zero-order valence-electron chi connectivity index (χ0n) is 9.11. The van der Waals surface area contributed by atoms with Gasteiger partial charge in [-0.05, 0) is 31.8 Å². The van der Waals surface area contributed by atoms with Gasteiger partial charge in [-0.15, -0.1) is 0 Å². The predicted octanol–water partition coefficient (Wildman–Crippen LogP) is 1.24. The first kappa shape index (κ1) is 11.5. The summed E-state index contributed by atoms with van der Waals surface area (Å²) in [6, 6.07) is 2.31. The van der Waals surface area contributed by atoms with Crippen LogP contribution in [0.4, 0.5) is 0 Å². The Morgan fingerprint density at radius 1 is 1.43 bits per heavy atom. The van der Waals surface area contributed by atoms with Crippen LogP contribution in [-0.4, -0.2) is 35.7 Å². The SMILES string of the molecule is CC(C)C(O)CN1CCC(C#N)CC1. The fourth-order valence-corrected chi connectivity index (χ4v) is 1.72. The molecule has 1 atom stereocenters. The van der Waals surface area contributed by atoms with E-state index in [-0.39, 0.29) is 12.0 Å². The maximum Gasteiger partial charge on any atom is 0.0689 e. The van der Waals surface area contributed by atoms with Crippen molar-refractivity contribution in [1.29, 1.82) is 5.26 Å². The van der Waals surface area contributed by atoms with Gasteiger partial charge in [0, 0.05) is 12.5 Å². The molecule has 1 aliphatic heterocycles. The maximum absolute atomic E-state index is 9.70. The number of aliphatic hydroxyl groups excluding tert-OH is 1. The van der Waals surface area contributed by atoms with Crippen LogP contribution in [0, 0.1) is 23.2 Å². The van der Waals surface area contributed by atoms with E-state index < -0.39 is 0 Å². The Kier molecular flexibility index (Phi) is 4.37. The normalized spacial score (nSPS) is 22.2. The number of hydrogen-bond donors (Lipinski definition) is 1. The van der Waals surface area contributed by atoms with Crippen molar-refractivity contribution in [3.05, 3.63) is 0 Å². The van der Waals surface area contributed by atoms with Gasteiger partial charge in [-0.25, -0.2) is 0 Å². The van der Waals surface area contributed by atoms with Crippen LogP contribution < -0.4 is 0 Å². The van der Waals surface area contributed by atoms with Gasteiger partial charge in [-0.3, -0.25) is 0 Å². The van der Waals surface area contributed by atoms with Crippen LogP contribution in [0.5, 0.6) is 0 Å². The lowest BCUT2D eigenvalue weighted by Crippen LogP contribution is -2.40. The van der Waals surface area contributed by atoms with E-state index in [0.717, 1.165) is 32.5 Å². The summed E-state index contributed by atoms with van der Waals surface area (Å²) in [5, 5.41) is 18.4. The number of nitriles is 1. The Hall–Kier alpha value is -0.590.